The number of hydrogen-bond acceptors (Lipinski definition) is 5. The van der Waals surface area contributed by atoms with Crippen LogP contribution in [0.2, 0.25) is 0 Å². The Hall–Kier alpha value is -2.60. The lowest BCUT2D eigenvalue weighted by Gasteiger charge is -2.17. The fraction of sp³-hybridized carbons (Fsp3) is 0.368. The molecule has 4 rings (SSSR count). The van der Waals surface area contributed by atoms with Crippen molar-refractivity contribution in [1.29, 1.82) is 0 Å². The highest BCUT2D eigenvalue weighted by Crippen LogP contribution is 2.31. The Morgan fingerprint density at radius 3 is 2.84 bits per heavy atom. The number of hydrogen-bond donors (Lipinski definition) is 1. The van der Waals surface area contributed by atoms with Gasteiger partial charge in [-0.3, -0.25) is 10.1 Å². The molecule has 0 saturated carbocycles. The van der Waals surface area contributed by atoms with E-state index in [4.69, 9.17) is 14.2 Å². The molecule has 25 heavy (non-hydrogen) atoms. The van der Waals surface area contributed by atoms with Gasteiger partial charge in [0.1, 0.15) is 23.3 Å². The van der Waals surface area contributed by atoms with E-state index in [1.54, 1.807) is 12.4 Å². The zero-order chi connectivity index (χ0) is 17.2. The van der Waals surface area contributed by atoms with Gasteiger partial charge < -0.3 is 14.2 Å². The molecule has 6 heteroatoms. The fourth-order valence-electron chi connectivity index (χ4n) is 2.96. The molecule has 6 nitrogen and oxygen atoms in total. The number of aromatic amines is 1. The van der Waals surface area contributed by atoms with Crippen molar-refractivity contribution in [2.45, 2.75) is 32.5 Å². The first kappa shape index (κ1) is 15.9. The Labute approximate surface area is 146 Å². The van der Waals surface area contributed by atoms with Crippen LogP contribution in [0.1, 0.15) is 20.3 Å². The van der Waals surface area contributed by atoms with Gasteiger partial charge in [-0.15, -0.1) is 0 Å². The lowest BCUT2D eigenvalue weighted by Crippen LogP contribution is -2.21. The van der Waals surface area contributed by atoms with Gasteiger partial charge >= 0.3 is 0 Å². The zero-order valence-electron chi connectivity index (χ0n) is 14.4. The van der Waals surface area contributed by atoms with Gasteiger partial charge in [-0.1, -0.05) is 0 Å². The zero-order valence-corrected chi connectivity index (χ0v) is 14.4. The van der Waals surface area contributed by atoms with Crippen LogP contribution in [0, 0.1) is 0 Å². The Morgan fingerprint density at radius 2 is 1.92 bits per heavy atom. The molecule has 0 fully saturated rings. The minimum atomic E-state index is -0.0307. The van der Waals surface area contributed by atoms with E-state index in [0.717, 1.165) is 40.1 Å². The van der Waals surface area contributed by atoms with E-state index in [1.165, 1.54) is 0 Å². The molecule has 1 N–H and O–H groups in total. The number of ether oxygens (including phenoxy) is 3. The van der Waals surface area contributed by atoms with Crippen LogP contribution < -0.4 is 9.47 Å². The number of nitrogens with one attached hydrogen (secondary N) is 1. The van der Waals surface area contributed by atoms with Gasteiger partial charge in [-0.25, -0.2) is 0 Å². The van der Waals surface area contributed by atoms with Gasteiger partial charge in [0.05, 0.1) is 31.0 Å². The number of aromatic nitrogens is 3. The predicted octanol–water partition coefficient (Wildman–Crippen LogP) is 3.58. The van der Waals surface area contributed by atoms with Crippen molar-refractivity contribution < 1.29 is 14.2 Å². The summed E-state index contributed by atoms with van der Waals surface area (Å²) >= 11 is 0. The molecule has 2 atom stereocenters. The minimum absolute atomic E-state index is 0.0307. The van der Waals surface area contributed by atoms with Crippen LogP contribution in [-0.4, -0.2) is 40.6 Å². The van der Waals surface area contributed by atoms with Crippen molar-refractivity contribution in [2.24, 2.45) is 0 Å². The smallest absolute Gasteiger partial charge is 0.138 e. The quantitative estimate of drug-likeness (QED) is 0.678. The summed E-state index contributed by atoms with van der Waals surface area (Å²) in [5.41, 5.74) is 2.70. The highest BCUT2D eigenvalue weighted by atomic mass is 16.5. The van der Waals surface area contributed by atoms with Crippen molar-refractivity contribution in [3.8, 4) is 22.8 Å². The molecular weight excluding hydrogens is 318 g/mol. The average molecular weight is 339 g/mol. The molecule has 4 bridgehead atoms. The average Bonchev–Trinajstić information content (AvgIpc) is 3.01. The molecule has 0 amide bonds. The lowest BCUT2D eigenvalue weighted by atomic mass is 10.1. The Bertz CT molecular complexity index is 877. The summed E-state index contributed by atoms with van der Waals surface area (Å²) in [6, 6.07) is 7.89. The molecule has 1 aliphatic heterocycles. The minimum Gasteiger partial charge on any atom is -0.489 e. The van der Waals surface area contributed by atoms with E-state index in [2.05, 4.69) is 15.2 Å². The van der Waals surface area contributed by atoms with Gasteiger partial charge in [-0.05, 0) is 38.1 Å². The summed E-state index contributed by atoms with van der Waals surface area (Å²) in [5, 5.41) is 8.52. The molecule has 3 heterocycles. The van der Waals surface area contributed by atoms with E-state index < -0.39 is 0 Å². The first-order valence-corrected chi connectivity index (χ1v) is 8.53. The van der Waals surface area contributed by atoms with Crippen molar-refractivity contribution in [2.75, 3.05) is 13.2 Å². The van der Waals surface area contributed by atoms with Crippen molar-refractivity contribution in [3.05, 3.63) is 36.7 Å². The van der Waals surface area contributed by atoms with E-state index in [1.807, 2.05) is 38.1 Å². The van der Waals surface area contributed by atoms with Crippen LogP contribution in [0.15, 0.2) is 36.7 Å². The molecule has 3 aromatic rings. The van der Waals surface area contributed by atoms with E-state index in [0.29, 0.717) is 13.2 Å². The molecule has 0 aliphatic carbocycles. The molecule has 0 saturated heterocycles. The van der Waals surface area contributed by atoms with E-state index in [-0.39, 0.29) is 12.2 Å². The molecular formula is C19H21N3O3. The molecule has 0 radical (unpaired) electrons. The topological polar surface area (TPSA) is 69.3 Å². The molecule has 1 aliphatic rings. The van der Waals surface area contributed by atoms with Crippen LogP contribution in [0.25, 0.3) is 22.2 Å². The first-order valence-electron chi connectivity index (χ1n) is 8.53. The third-order valence-corrected chi connectivity index (χ3v) is 4.22. The normalized spacial score (nSPS) is 21.2. The summed E-state index contributed by atoms with van der Waals surface area (Å²) in [5.74, 6) is 1.53. The summed E-state index contributed by atoms with van der Waals surface area (Å²) < 4.78 is 17.7. The number of fused-ring (bicyclic) bond motifs is 4. The third kappa shape index (κ3) is 3.44. The van der Waals surface area contributed by atoms with Crippen LogP contribution in [-0.2, 0) is 4.74 Å². The summed E-state index contributed by atoms with van der Waals surface area (Å²) in [6.07, 6.45) is 4.34. The molecule has 0 spiro atoms. The van der Waals surface area contributed by atoms with Crippen LogP contribution >= 0.6 is 0 Å². The number of rotatable bonds is 0. The SMILES string of the molecule is C[C@@H]1COCC[C@H](C)Oc2cncc(c2)-c2n[nH]c3ccc(cc23)O1. The predicted molar refractivity (Wildman–Crippen MR) is 94.9 cm³/mol. The number of benzene rings is 1. The maximum Gasteiger partial charge on any atom is 0.138 e. The summed E-state index contributed by atoms with van der Waals surface area (Å²) in [6.45, 7) is 5.20. The maximum absolute atomic E-state index is 5.99. The van der Waals surface area contributed by atoms with Gasteiger partial charge in [-0.2, -0.15) is 5.10 Å². The summed E-state index contributed by atoms with van der Waals surface area (Å²) in [4.78, 5) is 4.31. The molecule has 1 aromatic carbocycles. The monoisotopic (exact) mass is 339 g/mol. The highest BCUT2D eigenvalue weighted by Gasteiger charge is 2.14. The van der Waals surface area contributed by atoms with Crippen LogP contribution in [0.4, 0.5) is 0 Å². The standard InChI is InChI=1S/C19H21N3O3/c1-12-5-6-23-11-13(2)25-15-3-4-18-17(8-15)19(22-21-18)14-7-16(24-12)10-20-9-14/h3-4,7-10,12-13H,5-6,11H2,1-2H3,(H,21,22)/t12-,13+/m0/s1. The number of H-pyrrole nitrogens is 1. The van der Waals surface area contributed by atoms with Gasteiger partial charge in [0.15, 0.2) is 0 Å². The number of nitrogens with zero attached hydrogens (tertiary/aromatic N) is 2. The van der Waals surface area contributed by atoms with Crippen molar-refractivity contribution >= 4 is 10.9 Å². The van der Waals surface area contributed by atoms with E-state index in [9.17, 15) is 0 Å². The second kappa shape index (κ2) is 6.72. The van der Waals surface area contributed by atoms with Gasteiger partial charge in [0.25, 0.3) is 0 Å². The second-order valence-electron chi connectivity index (χ2n) is 6.41. The van der Waals surface area contributed by atoms with Crippen LogP contribution in [0.3, 0.4) is 0 Å². The molecule has 0 unspecified atom stereocenters. The van der Waals surface area contributed by atoms with Gasteiger partial charge in [0, 0.05) is 23.6 Å². The van der Waals surface area contributed by atoms with Gasteiger partial charge in [0.2, 0.25) is 0 Å². The lowest BCUT2D eigenvalue weighted by molar-refractivity contribution is 0.0441. The fourth-order valence-corrected chi connectivity index (χ4v) is 2.96. The Balaban J connectivity index is 1.79. The van der Waals surface area contributed by atoms with Crippen molar-refractivity contribution in [3.63, 3.8) is 0 Å². The third-order valence-electron chi connectivity index (χ3n) is 4.22. The first-order chi connectivity index (χ1) is 12.2. The summed E-state index contributed by atoms with van der Waals surface area (Å²) in [7, 11) is 0. The Kier molecular flexibility index (Phi) is 4.28. The van der Waals surface area contributed by atoms with Crippen LogP contribution in [0.5, 0.6) is 11.5 Å². The second-order valence-corrected chi connectivity index (χ2v) is 6.41. The molecule has 2 aromatic heterocycles. The van der Waals surface area contributed by atoms with Crippen molar-refractivity contribution in [1.82, 2.24) is 15.2 Å². The number of pyridine rings is 1. The maximum atomic E-state index is 5.99. The molecule has 130 valence electrons. The largest absolute Gasteiger partial charge is 0.489 e. The highest BCUT2D eigenvalue weighted by molar-refractivity contribution is 5.93. The van der Waals surface area contributed by atoms with E-state index >= 15 is 0 Å². The Morgan fingerprint density at radius 1 is 1.04 bits per heavy atom.